The Morgan fingerprint density at radius 3 is 2.27 bits per heavy atom. The lowest BCUT2D eigenvalue weighted by atomic mass is 10.2. The number of carbonyl (C=O) groups excluding carboxylic acids is 1. The summed E-state index contributed by atoms with van der Waals surface area (Å²) in [7, 11) is -5.57. The Morgan fingerprint density at radius 1 is 1.05 bits per heavy atom. The van der Waals surface area contributed by atoms with Gasteiger partial charge in [0.2, 0.25) is 10.0 Å². The predicted molar refractivity (Wildman–Crippen MR) is 140 cm³/mol. The number of fused-ring (bicyclic) bond motifs is 1. The van der Waals surface area contributed by atoms with Crippen LogP contribution < -0.4 is 4.80 Å². The van der Waals surface area contributed by atoms with Crippen LogP contribution in [0.3, 0.4) is 0 Å². The molecule has 1 aromatic heterocycles. The molecule has 0 N–H and O–H groups in total. The van der Waals surface area contributed by atoms with Crippen LogP contribution in [0.4, 0.5) is 0 Å². The number of morpholine rings is 1. The molecule has 2 unspecified atom stereocenters. The summed E-state index contributed by atoms with van der Waals surface area (Å²) < 4.78 is 64.8. The predicted octanol–water partition coefficient (Wildman–Crippen LogP) is 2.29. The van der Waals surface area contributed by atoms with Crippen molar-refractivity contribution in [1.82, 2.24) is 8.87 Å². The van der Waals surface area contributed by atoms with Crippen molar-refractivity contribution in [1.29, 1.82) is 0 Å². The molecule has 3 aromatic rings. The molecule has 37 heavy (non-hydrogen) atoms. The number of hydrogen-bond acceptors (Lipinski definition) is 8. The highest BCUT2D eigenvalue weighted by atomic mass is 32.2. The summed E-state index contributed by atoms with van der Waals surface area (Å²) in [5.74, 6) is -0.543. The molecule has 1 aliphatic rings. The van der Waals surface area contributed by atoms with Crippen LogP contribution in [0, 0.1) is 0 Å². The lowest BCUT2D eigenvalue weighted by Gasteiger charge is -2.34. The fourth-order valence-corrected chi connectivity index (χ4v) is 7.57. The van der Waals surface area contributed by atoms with Crippen LogP contribution in [0.1, 0.15) is 24.2 Å². The fourth-order valence-electron chi connectivity index (χ4n) is 4.17. The van der Waals surface area contributed by atoms with Gasteiger partial charge in [-0.2, -0.15) is 9.30 Å². The van der Waals surface area contributed by atoms with Crippen LogP contribution in [-0.2, 0) is 35.9 Å². The molecular formula is C24H29N3O7S3. The van der Waals surface area contributed by atoms with Gasteiger partial charge >= 0.3 is 0 Å². The standard InChI is InChI=1S/C24H29N3O7S3/c1-16-14-26(15-17(2)34-16)37(31,32)19-7-5-18(6-8-19)23(28)25-24-27(11-12-33-3)21-10-9-20(36(4,29)30)13-22(21)35-24/h5-10,13,16-17H,11-12,14-15H2,1-4H3. The molecule has 1 aliphatic heterocycles. The molecule has 13 heteroatoms. The van der Waals surface area contributed by atoms with Gasteiger partial charge in [-0.3, -0.25) is 4.79 Å². The maximum atomic E-state index is 13.1. The van der Waals surface area contributed by atoms with E-state index in [0.29, 0.717) is 22.7 Å². The number of amides is 1. The third-order valence-electron chi connectivity index (χ3n) is 5.92. The lowest BCUT2D eigenvalue weighted by molar-refractivity contribution is -0.0440. The van der Waals surface area contributed by atoms with Crippen molar-refractivity contribution in [2.45, 2.75) is 42.4 Å². The molecule has 1 saturated heterocycles. The van der Waals surface area contributed by atoms with Crippen molar-refractivity contribution in [2.75, 3.05) is 33.1 Å². The molecule has 2 heterocycles. The number of thiazole rings is 1. The molecule has 0 radical (unpaired) electrons. The summed E-state index contributed by atoms with van der Waals surface area (Å²) in [5.41, 5.74) is 0.964. The zero-order valence-electron chi connectivity index (χ0n) is 20.9. The van der Waals surface area contributed by atoms with E-state index >= 15 is 0 Å². The van der Waals surface area contributed by atoms with Crippen molar-refractivity contribution in [3.8, 4) is 0 Å². The van der Waals surface area contributed by atoms with Crippen LogP contribution in [0.15, 0.2) is 57.2 Å². The third kappa shape index (κ3) is 6.02. The summed E-state index contributed by atoms with van der Waals surface area (Å²) in [6.45, 7) is 4.96. The van der Waals surface area contributed by atoms with Gasteiger partial charge < -0.3 is 14.0 Å². The molecule has 4 rings (SSSR count). The van der Waals surface area contributed by atoms with Crippen LogP contribution in [0.5, 0.6) is 0 Å². The monoisotopic (exact) mass is 567 g/mol. The minimum atomic E-state index is -3.73. The van der Waals surface area contributed by atoms with E-state index in [-0.39, 0.29) is 40.7 Å². The Kier molecular flexibility index (Phi) is 8.02. The van der Waals surface area contributed by atoms with Gasteiger partial charge in [-0.15, -0.1) is 0 Å². The maximum Gasteiger partial charge on any atom is 0.279 e. The minimum absolute atomic E-state index is 0.0932. The summed E-state index contributed by atoms with van der Waals surface area (Å²) in [4.78, 5) is 17.9. The van der Waals surface area contributed by atoms with Gasteiger partial charge in [0.1, 0.15) is 0 Å². The number of methoxy groups -OCH3 is 1. The van der Waals surface area contributed by atoms with Crippen molar-refractivity contribution >= 4 is 47.3 Å². The third-order valence-corrected chi connectivity index (χ3v) is 9.92. The van der Waals surface area contributed by atoms with Crippen LogP contribution >= 0.6 is 11.3 Å². The highest BCUT2D eigenvalue weighted by Crippen LogP contribution is 2.23. The highest BCUT2D eigenvalue weighted by Gasteiger charge is 2.32. The van der Waals surface area contributed by atoms with E-state index in [2.05, 4.69) is 4.99 Å². The number of sulfone groups is 1. The van der Waals surface area contributed by atoms with E-state index in [0.717, 1.165) is 11.8 Å². The van der Waals surface area contributed by atoms with Crippen molar-refractivity contribution in [3.05, 3.63) is 52.8 Å². The lowest BCUT2D eigenvalue weighted by Crippen LogP contribution is -2.48. The molecule has 2 aromatic carbocycles. The van der Waals surface area contributed by atoms with Crippen LogP contribution in [-0.4, -0.2) is 76.9 Å². The molecule has 0 bridgehead atoms. The second-order valence-corrected chi connectivity index (χ2v) is 13.9. The molecule has 0 aliphatic carbocycles. The van der Waals surface area contributed by atoms with Gasteiger partial charge in [0.15, 0.2) is 14.6 Å². The molecule has 10 nitrogen and oxygen atoms in total. The molecular weight excluding hydrogens is 538 g/mol. The number of sulfonamides is 1. The SMILES string of the molecule is COCCn1c(=NC(=O)c2ccc(S(=O)(=O)N3CC(C)OC(C)C3)cc2)sc2cc(S(C)(=O)=O)ccc21. The fraction of sp³-hybridized carbons (Fsp3) is 0.417. The first-order valence-corrected chi connectivity index (χ1v) is 15.7. The zero-order valence-corrected chi connectivity index (χ0v) is 23.4. The van der Waals surface area contributed by atoms with Gasteiger partial charge in [0.25, 0.3) is 5.91 Å². The second-order valence-electron chi connectivity index (χ2n) is 8.95. The summed E-state index contributed by atoms with van der Waals surface area (Å²) in [6.07, 6.45) is 0.718. The van der Waals surface area contributed by atoms with Crippen molar-refractivity contribution < 1.29 is 31.1 Å². The summed E-state index contributed by atoms with van der Waals surface area (Å²) in [6, 6.07) is 10.5. The number of aromatic nitrogens is 1. The van der Waals surface area contributed by atoms with E-state index in [4.69, 9.17) is 9.47 Å². The maximum absolute atomic E-state index is 13.1. The normalized spacial score (nSPS) is 19.9. The smallest absolute Gasteiger partial charge is 0.279 e. The number of rotatable bonds is 7. The Bertz CT molecular complexity index is 1580. The molecule has 1 fully saturated rings. The quantitative estimate of drug-likeness (QED) is 0.429. The highest BCUT2D eigenvalue weighted by molar-refractivity contribution is 7.90. The number of benzene rings is 2. The molecule has 2 atom stereocenters. The topological polar surface area (TPSA) is 124 Å². The van der Waals surface area contributed by atoms with Gasteiger partial charge in [-0.1, -0.05) is 11.3 Å². The largest absolute Gasteiger partial charge is 0.383 e. The summed E-state index contributed by atoms with van der Waals surface area (Å²) in [5, 5.41) is 0. The van der Waals surface area contributed by atoms with E-state index < -0.39 is 25.8 Å². The van der Waals surface area contributed by atoms with E-state index in [1.165, 1.54) is 46.0 Å². The number of carbonyl (C=O) groups is 1. The van der Waals surface area contributed by atoms with Crippen molar-refractivity contribution in [3.63, 3.8) is 0 Å². The molecule has 1 amide bonds. The molecule has 0 saturated carbocycles. The zero-order chi connectivity index (χ0) is 27.0. The van der Waals surface area contributed by atoms with Crippen LogP contribution in [0.25, 0.3) is 10.2 Å². The van der Waals surface area contributed by atoms with E-state index in [9.17, 15) is 21.6 Å². The Morgan fingerprint density at radius 2 is 1.68 bits per heavy atom. The molecule has 200 valence electrons. The van der Waals surface area contributed by atoms with Gasteiger partial charge in [0, 0.05) is 38.6 Å². The number of nitrogens with zero attached hydrogens (tertiary/aromatic N) is 3. The van der Waals surface area contributed by atoms with Gasteiger partial charge in [-0.25, -0.2) is 16.8 Å². The van der Waals surface area contributed by atoms with Gasteiger partial charge in [-0.05, 0) is 56.3 Å². The molecule has 0 spiro atoms. The van der Waals surface area contributed by atoms with Gasteiger partial charge in [0.05, 0.1) is 38.8 Å². The second kappa shape index (κ2) is 10.8. The first-order valence-electron chi connectivity index (χ1n) is 11.6. The first kappa shape index (κ1) is 27.6. The average Bonchev–Trinajstić information content (AvgIpc) is 3.17. The Hall–Kier alpha value is -2.42. The van der Waals surface area contributed by atoms with E-state index in [1.807, 2.05) is 13.8 Å². The number of ether oxygens (including phenoxy) is 2. The summed E-state index contributed by atoms with van der Waals surface area (Å²) >= 11 is 1.20. The average molecular weight is 568 g/mol. The van der Waals surface area contributed by atoms with E-state index in [1.54, 1.807) is 23.8 Å². The minimum Gasteiger partial charge on any atom is -0.383 e. The first-order chi connectivity index (χ1) is 17.4. The number of hydrogen-bond donors (Lipinski definition) is 0. The van der Waals surface area contributed by atoms with Crippen LogP contribution in [0.2, 0.25) is 0 Å². The Balaban J connectivity index is 1.66. The van der Waals surface area contributed by atoms with Crippen molar-refractivity contribution in [2.24, 2.45) is 4.99 Å². The Labute approximate surface area is 220 Å².